The van der Waals surface area contributed by atoms with Gasteiger partial charge in [-0.05, 0) is 31.0 Å². The van der Waals surface area contributed by atoms with Crippen LogP contribution in [0.15, 0.2) is 12.1 Å². The summed E-state index contributed by atoms with van der Waals surface area (Å²) in [4.78, 5) is 11.3. The van der Waals surface area contributed by atoms with Gasteiger partial charge < -0.3 is 14.4 Å². The molecule has 0 aliphatic carbocycles. The monoisotopic (exact) mass is 276 g/mol. The normalized spacial score (nSPS) is 14.2. The van der Waals surface area contributed by atoms with Crippen LogP contribution in [0.3, 0.4) is 0 Å². The molecule has 0 saturated carbocycles. The summed E-state index contributed by atoms with van der Waals surface area (Å²) < 4.78 is 5.59. The van der Waals surface area contributed by atoms with Gasteiger partial charge in [-0.1, -0.05) is 18.9 Å². The number of aromatic nitrogens is 1. The summed E-state index contributed by atoms with van der Waals surface area (Å²) in [5, 5.41) is 10.3. The van der Waals surface area contributed by atoms with Crippen molar-refractivity contribution in [1.29, 1.82) is 0 Å². The lowest BCUT2D eigenvalue weighted by molar-refractivity contribution is 0.0697. The van der Waals surface area contributed by atoms with Crippen molar-refractivity contribution in [2.24, 2.45) is 0 Å². The highest BCUT2D eigenvalue weighted by Crippen LogP contribution is 2.36. The van der Waals surface area contributed by atoms with Gasteiger partial charge in [-0.15, -0.1) is 0 Å². The van der Waals surface area contributed by atoms with Gasteiger partial charge in [-0.3, -0.25) is 0 Å². The minimum atomic E-state index is -0.873. The lowest BCUT2D eigenvalue weighted by atomic mass is 10.1. The largest absolute Gasteiger partial charge is 0.478 e. The Hall–Kier alpha value is -1.62. The molecule has 100 valence electrons. The number of nitrogens with zero attached hydrogens (tertiary/aromatic N) is 1. The standard InChI is InChI=1S/C14H16N2O2S/c1-3-10-8(2)16-4-5-19-15-12-7-9(14(17)18)6-11(10)13(12)16/h6-7,15H,3-5H2,1-2H3,(H,17,18). The molecule has 2 aromatic rings. The summed E-state index contributed by atoms with van der Waals surface area (Å²) in [6, 6.07) is 3.54. The summed E-state index contributed by atoms with van der Waals surface area (Å²) in [6.07, 6.45) is 0.922. The van der Waals surface area contributed by atoms with E-state index in [2.05, 4.69) is 23.1 Å². The highest BCUT2D eigenvalue weighted by molar-refractivity contribution is 8.00. The Balaban J connectivity index is 2.42. The number of carboxylic acids is 1. The molecule has 4 nitrogen and oxygen atoms in total. The van der Waals surface area contributed by atoms with Crippen LogP contribution in [0.2, 0.25) is 0 Å². The molecule has 3 rings (SSSR count). The first-order valence-corrected chi connectivity index (χ1v) is 7.38. The molecule has 1 aromatic heterocycles. The molecule has 5 heteroatoms. The number of hydrogen-bond acceptors (Lipinski definition) is 3. The van der Waals surface area contributed by atoms with Crippen molar-refractivity contribution in [3.05, 3.63) is 29.0 Å². The number of nitrogens with one attached hydrogen (secondary N) is 1. The zero-order valence-corrected chi connectivity index (χ0v) is 11.8. The summed E-state index contributed by atoms with van der Waals surface area (Å²) in [5.74, 6) is 0.104. The molecule has 0 atom stereocenters. The number of hydrogen-bond donors (Lipinski definition) is 2. The summed E-state index contributed by atoms with van der Waals surface area (Å²) >= 11 is 1.63. The van der Waals surface area contributed by atoms with E-state index in [1.54, 1.807) is 24.1 Å². The van der Waals surface area contributed by atoms with Gasteiger partial charge in [0, 0.05) is 23.4 Å². The quantitative estimate of drug-likeness (QED) is 0.826. The van der Waals surface area contributed by atoms with Crippen molar-refractivity contribution in [2.75, 3.05) is 10.5 Å². The van der Waals surface area contributed by atoms with E-state index in [4.69, 9.17) is 0 Å². The maximum Gasteiger partial charge on any atom is 0.335 e. The second-order valence-electron chi connectivity index (χ2n) is 4.74. The summed E-state index contributed by atoms with van der Waals surface area (Å²) in [6.45, 7) is 5.20. The van der Waals surface area contributed by atoms with Crippen molar-refractivity contribution in [3.63, 3.8) is 0 Å². The highest BCUT2D eigenvalue weighted by Gasteiger charge is 2.20. The Morgan fingerprint density at radius 1 is 1.53 bits per heavy atom. The van der Waals surface area contributed by atoms with Crippen molar-refractivity contribution < 1.29 is 9.90 Å². The number of carboxylic acid groups (broad SMARTS) is 1. The Bertz CT molecular complexity index is 676. The molecule has 1 aromatic carbocycles. The van der Waals surface area contributed by atoms with Gasteiger partial charge in [0.1, 0.15) is 0 Å². The molecule has 0 bridgehead atoms. The minimum Gasteiger partial charge on any atom is -0.478 e. The molecular weight excluding hydrogens is 260 g/mol. The highest BCUT2D eigenvalue weighted by atomic mass is 32.2. The fourth-order valence-electron chi connectivity index (χ4n) is 2.87. The maximum absolute atomic E-state index is 11.3. The van der Waals surface area contributed by atoms with E-state index in [1.807, 2.05) is 0 Å². The van der Waals surface area contributed by atoms with Crippen LogP contribution in [-0.4, -0.2) is 21.4 Å². The second-order valence-corrected chi connectivity index (χ2v) is 5.65. The van der Waals surface area contributed by atoms with Gasteiger partial charge in [0.2, 0.25) is 0 Å². The van der Waals surface area contributed by atoms with Gasteiger partial charge in [-0.25, -0.2) is 4.79 Å². The zero-order chi connectivity index (χ0) is 13.6. The fourth-order valence-corrected chi connectivity index (χ4v) is 3.56. The van der Waals surface area contributed by atoms with E-state index in [9.17, 15) is 9.90 Å². The number of aromatic carboxylic acids is 1. The van der Waals surface area contributed by atoms with Gasteiger partial charge in [0.15, 0.2) is 0 Å². The molecule has 0 fully saturated rings. The molecule has 0 spiro atoms. The van der Waals surface area contributed by atoms with Crippen LogP contribution in [-0.2, 0) is 13.0 Å². The van der Waals surface area contributed by atoms with E-state index in [-0.39, 0.29) is 0 Å². The molecule has 19 heavy (non-hydrogen) atoms. The number of aryl methyl sites for hydroxylation is 2. The molecule has 2 heterocycles. The van der Waals surface area contributed by atoms with Crippen LogP contribution in [0.1, 0.15) is 28.5 Å². The Morgan fingerprint density at radius 2 is 2.32 bits per heavy atom. The molecule has 2 N–H and O–H groups in total. The lowest BCUT2D eigenvalue weighted by Crippen LogP contribution is -2.01. The molecule has 0 amide bonds. The van der Waals surface area contributed by atoms with E-state index in [0.717, 1.165) is 35.3 Å². The van der Waals surface area contributed by atoms with Gasteiger partial charge in [-0.2, -0.15) is 0 Å². The van der Waals surface area contributed by atoms with Crippen molar-refractivity contribution in [3.8, 4) is 0 Å². The summed E-state index contributed by atoms with van der Waals surface area (Å²) in [7, 11) is 0. The molecule has 0 radical (unpaired) electrons. The smallest absolute Gasteiger partial charge is 0.335 e. The Labute approximate surface area is 115 Å². The van der Waals surface area contributed by atoms with E-state index < -0.39 is 5.97 Å². The van der Waals surface area contributed by atoms with E-state index in [1.165, 1.54) is 11.3 Å². The molecule has 1 aliphatic heterocycles. The molecule has 1 aliphatic rings. The average molecular weight is 276 g/mol. The SMILES string of the molecule is CCc1c(C)n2c3c(cc(C(=O)O)cc13)NSCC2. The molecular formula is C14H16N2O2S. The first kappa shape index (κ1) is 12.4. The van der Waals surface area contributed by atoms with Gasteiger partial charge in [0.25, 0.3) is 0 Å². The van der Waals surface area contributed by atoms with Crippen LogP contribution in [0, 0.1) is 6.92 Å². The number of anilines is 1. The van der Waals surface area contributed by atoms with E-state index >= 15 is 0 Å². The third-order valence-corrected chi connectivity index (χ3v) is 4.50. The molecule has 0 unspecified atom stereocenters. The fraction of sp³-hybridized carbons (Fsp3) is 0.357. The van der Waals surface area contributed by atoms with Crippen LogP contribution in [0.4, 0.5) is 5.69 Å². The predicted octanol–water partition coefficient (Wildman–Crippen LogP) is 3.28. The molecule has 0 saturated heterocycles. The van der Waals surface area contributed by atoms with Crippen LogP contribution < -0.4 is 4.72 Å². The van der Waals surface area contributed by atoms with Gasteiger partial charge >= 0.3 is 5.97 Å². The van der Waals surface area contributed by atoms with Crippen molar-refractivity contribution in [2.45, 2.75) is 26.8 Å². The Morgan fingerprint density at radius 3 is 3.00 bits per heavy atom. The number of benzene rings is 1. The van der Waals surface area contributed by atoms with Crippen LogP contribution >= 0.6 is 11.9 Å². The summed E-state index contributed by atoms with van der Waals surface area (Å²) in [5.41, 5.74) is 4.92. The maximum atomic E-state index is 11.3. The first-order valence-electron chi connectivity index (χ1n) is 6.40. The minimum absolute atomic E-state index is 0.351. The zero-order valence-electron chi connectivity index (χ0n) is 11.0. The van der Waals surface area contributed by atoms with Gasteiger partial charge in [0.05, 0.1) is 16.8 Å². The second kappa shape index (κ2) is 4.49. The van der Waals surface area contributed by atoms with Crippen molar-refractivity contribution >= 4 is 34.5 Å². The third-order valence-electron chi connectivity index (χ3n) is 3.75. The van der Waals surface area contributed by atoms with Crippen LogP contribution in [0.5, 0.6) is 0 Å². The van der Waals surface area contributed by atoms with Crippen molar-refractivity contribution in [1.82, 2.24) is 4.57 Å². The Kier molecular flexibility index (Phi) is 2.93. The lowest BCUT2D eigenvalue weighted by Gasteiger charge is -2.06. The topological polar surface area (TPSA) is 54.3 Å². The predicted molar refractivity (Wildman–Crippen MR) is 79.1 cm³/mol. The van der Waals surface area contributed by atoms with E-state index in [0.29, 0.717) is 5.56 Å². The third kappa shape index (κ3) is 1.80. The van der Waals surface area contributed by atoms with Crippen LogP contribution in [0.25, 0.3) is 10.9 Å². The number of rotatable bonds is 2. The first-order chi connectivity index (χ1) is 9.13. The average Bonchev–Trinajstić information content (AvgIpc) is 2.55. The number of carbonyl (C=O) groups is 1.